The van der Waals surface area contributed by atoms with Crippen LogP contribution in [0.5, 0.6) is 5.75 Å². The van der Waals surface area contributed by atoms with Crippen molar-refractivity contribution in [2.24, 2.45) is 5.92 Å². The number of carbonyl (C=O) groups excluding carboxylic acids is 1. The highest BCUT2D eigenvalue weighted by molar-refractivity contribution is 5.90. The molecule has 0 aromatic heterocycles. The molecule has 1 fully saturated rings. The summed E-state index contributed by atoms with van der Waals surface area (Å²) in [5.74, 6) is 0.977. The molecule has 0 saturated carbocycles. The van der Waals surface area contributed by atoms with Crippen molar-refractivity contribution in [1.29, 1.82) is 0 Å². The number of nitrogens with one attached hydrogen (secondary N) is 2. The predicted molar refractivity (Wildman–Crippen MR) is 81.4 cm³/mol. The lowest BCUT2D eigenvalue weighted by Gasteiger charge is -2.22. The minimum Gasteiger partial charge on any atom is -0.488 e. The Kier molecular flexibility index (Phi) is 6.58. The molecular formula is C16H22F2N2O2. The van der Waals surface area contributed by atoms with Crippen molar-refractivity contribution >= 4 is 11.6 Å². The molecule has 0 bridgehead atoms. The van der Waals surface area contributed by atoms with Gasteiger partial charge in [0.15, 0.2) is 0 Å². The fraction of sp³-hybridized carbons (Fsp3) is 0.562. The Morgan fingerprint density at radius 3 is 2.59 bits per heavy atom. The monoisotopic (exact) mass is 312 g/mol. The first-order chi connectivity index (χ1) is 10.6. The summed E-state index contributed by atoms with van der Waals surface area (Å²) in [5, 5.41) is 6.12. The first-order valence-electron chi connectivity index (χ1n) is 7.65. The van der Waals surface area contributed by atoms with Crippen LogP contribution in [0.1, 0.15) is 25.7 Å². The molecule has 1 heterocycles. The van der Waals surface area contributed by atoms with Crippen LogP contribution in [0.4, 0.5) is 14.5 Å². The maximum absolute atomic E-state index is 12.0. The second-order valence-electron chi connectivity index (χ2n) is 5.51. The van der Waals surface area contributed by atoms with Gasteiger partial charge in [0.1, 0.15) is 12.4 Å². The van der Waals surface area contributed by atoms with Gasteiger partial charge in [0.2, 0.25) is 5.91 Å². The van der Waals surface area contributed by atoms with Gasteiger partial charge >= 0.3 is 0 Å². The smallest absolute Gasteiger partial charge is 0.272 e. The van der Waals surface area contributed by atoms with Gasteiger partial charge in [-0.3, -0.25) is 4.79 Å². The number of amides is 1. The van der Waals surface area contributed by atoms with E-state index >= 15 is 0 Å². The summed E-state index contributed by atoms with van der Waals surface area (Å²) in [5.41, 5.74) is 0.653. The molecule has 0 aliphatic carbocycles. The van der Waals surface area contributed by atoms with E-state index in [4.69, 9.17) is 4.74 Å². The number of piperidine rings is 1. The number of ether oxygens (including phenoxy) is 1. The molecule has 0 unspecified atom stereocenters. The van der Waals surface area contributed by atoms with Crippen molar-refractivity contribution in [2.45, 2.75) is 32.1 Å². The number of carbonyl (C=O) groups is 1. The lowest BCUT2D eigenvalue weighted by molar-refractivity contribution is -0.116. The van der Waals surface area contributed by atoms with Crippen molar-refractivity contribution in [3.63, 3.8) is 0 Å². The van der Waals surface area contributed by atoms with Crippen LogP contribution < -0.4 is 15.4 Å². The average Bonchev–Trinajstić information content (AvgIpc) is 2.53. The van der Waals surface area contributed by atoms with Crippen LogP contribution in [0.25, 0.3) is 0 Å². The zero-order chi connectivity index (χ0) is 15.8. The molecular weight excluding hydrogens is 290 g/mol. The topological polar surface area (TPSA) is 50.4 Å². The van der Waals surface area contributed by atoms with Gasteiger partial charge in [0, 0.05) is 12.1 Å². The van der Waals surface area contributed by atoms with E-state index < -0.39 is 13.0 Å². The second-order valence-corrected chi connectivity index (χ2v) is 5.51. The van der Waals surface area contributed by atoms with Crippen molar-refractivity contribution in [1.82, 2.24) is 5.32 Å². The van der Waals surface area contributed by atoms with Crippen molar-refractivity contribution in [3.05, 3.63) is 24.3 Å². The first-order valence-corrected chi connectivity index (χ1v) is 7.65. The molecule has 2 rings (SSSR count). The molecule has 1 aliphatic rings. The third kappa shape index (κ3) is 5.97. The Morgan fingerprint density at radius 1 is 1.27 bits per heavy atom. The minimum absolute atomic E-state index is 0.0141. The molecule has 6 heteroatoms. The summed E-state index contributed by atoms with van der Waals surface area (Å²) in [6.07, 6.45) is 1.18. The van der Waals surface area contributed by atoms with Gasteiger partial charge in [-0.15, -0.1) is 0 Å². The average molecular weight is 312 g/mol. The lowest BCUT2D eigenvalue weighted by atomic mass is 9.93. The maximum atomic E-state index is 12.0. The van der Waals surface area contributed by atoms with E-state index in [2.05, 4.69) is 10.6 Å². The highest BCUT2D eigenvalue weighted by Gasteiger charge is 2.14. The Labute approximate surface area is 129 Å². The Bertz CT molecular complexity index is 460. The number of hydrogen-bond donors (Lipinski definition) is 2. The predicted octanol–water partition coefficient (Wildman–Crippen LogP) is 3.05. The molecule has 1 aromatic carbocycles. The molecule has 0 radical (unpaired) electrons. The van der Waals surface area contributed by atoms with Crippen LogP contribution >= 0.6 is 0 Å². The lowest BCUT2D eigenvalue weighted by Crippen LogP contribution is -2.28. The van der Waals surface area contributed by atoms with E-state index in [0.717, 1.165) is 32.4 Å². The Balaban J connectivity index is 1.71. The fourth-order valence-electron chi connectivity index (χ4n) is 2.52. The molecule has 1 amide bonds. The standard InChI is InChI=1S/C16H22F2N2O2/c17-15(18)11-22-14-4-2-13(3-5-14)20-16(21)6-1-12-7-9-19-10-8-12/h2-5,12,15,19H,1,6-11H2,(H,20,21). The number of anilines is 1. The van der Waals surface area contributed by atoms with E-state index in [1.54, 1.807) is 24.3 Å². The summed E-state index contributed by atoms with van der Waals surface area (Å²) in [6, 6.07) is 6.46. The number of alkyl halides is 2. The molecule has 2 N–H and O–H groups in total. The van der Waals surface area contributed by atoms with E-state index in [1.165, 1.54) is 0 Å². The molecule has 1 aromatic rings. The van der Waals surface area contributed by atoms with E-state index in [1.807, 2.05) is 0 Å². The summed E-state index contributed by atoms with van der Waals surface area (Å²) in [4.78, 5) is 11.9. The quantitative estimate of drug-likeness (QED) is 0.813. The number of rotatable bonds is 7. The first kappa shape index (κ1) is 16.7. The summed E-state index contributed by atoms with van der Waals surface area (Å²) in [7, 11) is 0. The number of halogens is 2. The second kappa shape index (κ2) is 8.68. The van der Waals surface area contributed by atoms with Gasteiger partial charge < -0.3 is 15.4 Å². The molecule has 22 heavy (non-hydrogen) atoms. The van der Waals surface area contributed by atoms with Crippen LogP contribution in [-0.2, 0) is 4.79 Å². The van der Waals surface area contributed by atoms with Gasteiger partial charge in [0.25, 0.3) is 6.43 Å². The van der Waals surface area contributed by atoms with Gasteiger partial charge in [-0.1, -0.05) is 0 Å². The molecule has 122 valence electrons. The maximum Gasteiger partial charge on any atom is 0.272 e. The molecule has 1 aliphatic heterocycles. The van der Waals surface area contributed by atoms with Crippen LogP contribution in [-0.4, -0.2) is 32.0 Å². The molecule has 1 saturated heterocycles. The minimum atomic E-state index is -2.49. The number of benzene rings is 1. The van der Waals surface area contributed by atoms with Crippen LogP contribution in [0.15, 0.2) is 24.3 Å². The fourth-order valence-corrected chi connectivity index (χ4v) is 2.52. The van der Waals surface area contributed by atoms with Gasteiger partial charge in [-0.25, -0.2) is 8.78 Å². The Morgan fingerprint density at radius 2 is 1.95 bits per heavy atom. The summed E-state index contributed by atoms with van der Waals surface area (Å²) < 4.78 is 28.9. The summed E-state index contributed by atoms with van der Waals surface area (Å²) >= 11 is 0. The molecule has 0 spiro atoms. The highest BCUT2D eigenvalue weighted by Crippen LogP contribution is 2.19. The van der Waals surface area contributed by atoms with Crippen LogP contribution in [0, 0.1) is 5.92 Å². The molecule has 4 nitrogen and oxygen atoms in total. The van der Waals surface area contributed by atoms with E-state index in [0.29, 0.717) is 23.8 Å². The van der Waals surface area contributed by atoms with E-state index in [-0.39, 0.29) is 5.91 Å². The van der Waals surface area contributed by atoms with Gasteiger partial charge in [0.05, 0.1) is 0 Å². The summed E-state index contributed by atoms with van der Waals surface area (Å²) in [6.45, 7) is 1.45. The van der Waals surface area contributed by atoms with Gasteiger partial charge in [-0.2, -0.15) is 0 Å². The van der Waals surface area contributed by atoms with E-state index in [9.17, 15) is 13.6 Å². The van der Waals surface area contributed by atoms with Crippen molar-refractivity contribution < 1.29 is 18.3 Å². The Hall–Kier alpha value is -1.69. The zero-order valence-electron chi connectivity index (χ0n) is 12.5. The van der Waals surface area contributed by atoms with Crippen LogP contribution in [0.3, 0.4) is 0 Å². The molecule has 0 atom stereocenters. The normalized spacial score (nSPS) is 15.8. The van der Waals surface area contributed by atoms with Gasteiger partial charge in [-0.05, 0) is 62.5 Å². The zero-order valence-corrected chi connectivity index (χ0v) is 12.5. The van der Waals surface area contributed by atoms with Crippen molar-refractivity contribution in [3.8, 4) is 5.75 Å². The third-order valence-electron chi connectivity index (χ3n) is 3.75. The van der Waals surface area contributed by atoms with Crippen molar-refractivity contribution in [2.75, 3.05) is 25.0 Å². The number of hydrogen-bond acceptors (Lipinski definition) is 3. The largest absolute Gasteiger partial charge is 0.488 e. The van der Waals surface area contributed by atoms with Crippen LogP contribution in [0.2, 0.25) is 0 Å². The third-order valence-corrected chi connectivity index (χ3v) is 3.75. The highest BCUT2D eigenvalue weighted by atomic mass is 19.3. The SMILES string of the molecule is O=C(CCC1CCNCC1)Nc1ccc(OCC(F)F)cc1.